The zero-order chi connectivity index (χ0) is 26.1. The predicted molar refractivity (Wildman–Crippen MR) is 141 cm³/mol. The zero-order valence-electron chi connectivity index (χ0n) is 22.6. The number of rotatable bonds is 8. The molecule has 8 heteroatoms. The summed E-state index contributed by atoms with van der Waals surface area (Å²) in [6.45, 7) is 16.7. The summed E-state index contributed by atoms with van der Waals surface area (Å²) in [5.41, 5.74) is -1.27. The molecule has 1 saturated carbocycles. The first-order valence-corrected chi connectivity index (χ1v) is 15.9. The van der Waals surface area contributed by atoms with Gasteiger partial charge >= 0.3 is 19.1 Å². The molecular weight excluding hydrogens is 459 g/mol. The summed E-state index contributed by atoms with van der Waals surface area (Å²) < 4.78 is 23.4. The first kappa shape index (κ1) is 27.7. The Kier molecular flexibility index (Phi) is 8.09. The molecule has 1 aliphatic carbocycles. The van der Waals surface area contributed by atoms with Crippen molar-refractivity contribution in [3.8, 4) is 0 Å². The Morgan fingerprint density at radius 2 is 1.51 bits per heavy atom. The summed E-state index contributed by atoms with van der Waals surface area (Å²) in [4.78, 5) is 26.5. The van der Waals surface area contributed by atoms with E-state index in [0.717, 1.165) is 11.6 Å². The molecule has 2 aliphatic rings. The first-order chi connectivity index (χ1) is 16.3. The summed E-state index contributed by atoms with van der Waals surface area (Å²) in [5.74, 6) is 1.02. The summed E-state index contributed by atoms with van der Waals surface area (Å²) in [5, 5.41) is 1.35. The van der Waals surface area contributed by atoms with Crippen LogP contribution < -0.4 is 5.19 Å². The Hall–Kier alpha value is -1.90. The molecule has 1 unspecified atom stereocenters. The molecule has 3 rings (SSSR count). The van der Waals surface area contributed by atoms with Crippen molar-refractivity contribution in [1.29, 1.82) is 0 Å². The monoisotopic (exact) mass is 500 g/mol. The number of allylic oxidation sites excluding steroid dienone is 1. The Morgan fingerprint density at radius 1 is 1.00 bits per heavy atom. The molecule has 0 spiro atoms. The number of ether oxygens (including phenoxy) is 2. The molecule has 1 aliphatic heterocycles. The highest BCUT2D eigenvalue weighted by molar-refractivity contribution is 6.89. The molecule has 0 bridgehead atoms. The maximum absolute atomic E-state index is 13.3. The van der Waals surface area contributed by atoms with Gasteiger partial charge in [-0.05, 0) is 66.3 Å². The lowest BCUT2D eigenvalue weighted by atomic mass is 9.83. The van der Waals surface area contributed by atoms with Crippen LogP contribution in [0.3, 0.4) is 0 Å². The zero-order valence-corrected chi connectivity index (χ0v) is 23.6. The summed E-state index contributed by atoms with van der Waals surface area (Å²) in [7, 11) is -2.44. The number of hydrogen-bond acceptors (Lipinski definition) is 6. The molecule has 1 saturated heterocycles. The van der Waals surface area contributed by atoms with E-state index in [9.17, 15) is 9.59 Å². The van der Waals surface area contributed by atoms with Gasteiger partial charge in [-0.1, -0.05) is 60.2 Å². The van der Waals surface area contributed by atoms with E-state index in [-0.39, 0.29) is 25.6 Å². The van der Waals surface area contributed by atoms with Crippen LogP contribution in [0.1, 0.15) is 54.4 Å². The van der Waals surface area contributed by atoms with E-state index in [2.05, 4.69) is 37.4 Å². The smallest absolute Gasteiger partial charge is 0.465 e. The lowest BCUT2D eigenvalue weighted by Crippen LogP contribution is -2.43. The standard InChI is InChI=1S/C27H41BO6Si/c1-9-31-23(29)27(24(30)32-10-2)16-20(18-28-33-25(3,4)26(5,6)34-28)21(17-27)19-35(7,8)22-14-12-11-13-15-22/h11-15,18,21H,9-10,16-17,19H2,1-8H3/b20-18-. The van der Waals surface area contributed by atoms with Gasteiger partial charge in [-0.3, -0.25) is 9.59 Å². The van der Waals surface area contributed by atoms with Crippen molar-refractivity contribution in [2.45, 2.75) is 84.7 Å². The Morgan fingerprint density at radius 3 is 2.00 bits per heavy atom. The summed E-state index contributed by atoms with van der Waals surface area (Å²) in [6, 6.07) is 11.4. The van der Waals surface area contributed by atoms with Gasteiger partial charge in [-0.2, -0.15) is 0 Å². The molecule has 192 valence electrons. The molecule has 0 amide bonds. The van der Waals surface area contributed by atoms with Crippen molar-refractivity contribution >= 4 is 32.3 Å². The fourth-order valence-corrected chi connectivity index (χ4v) is 8.17. The van der Waals surface area contributed by atoms with E-state index < -0.39 is 43.7 Å². The SMILES string of the molecule is CCOC(=O)C1(C(=O)OCC)C/C(=C/B2OC(C)(C)C(C)(C)O2)C(C[Si](C)(C)c2ccccc2)C1. The highest BCUT2D eigenvalue weighted by Crippen LogP contribution is 2.51. The first-order valence-electron chi connectivity index (χ1n) is 12.7. The minimum Gasteiger partial charge on any atom is -0.465 e. The Bertz CT molecular complexity index is 922. The number of hydrogen-bond donors (Lipinski definition) is 0. The molecule has 35 heavy (non-hydrogen) atoms. The number of benzene rings is 1. The van der Waals surface area contributed by atoms with Crippen molar-refractivity contribution in [3.63, 3.8) is 0 Å². The molecule has 1 aromatic carbocycles. The third kappa shape index (κ3) is 5.60. The minimum atomic E-state index is -1.89. The van der Waals surface area contributed by atoms with Crippen molar-refractivity contribution in [1.82, 2.24) is 0 Å². The largest absolute Gasteiger partial charge is 0.487 e. The molecule has 0 aromatic heterocycles. The van der Waals surface area contributed by atoms with Crippen molar-refractivity contribution in [2.24, 2.45) is 11.3 Å². The van der Waals surface area contributed by atoms with E-state index >= 15 is 0 Å². The molecular formula is C27H41BO6Si. The minimum absolute atomic E-state index is 0.0182. The van der Waals surface area contributed by atoms with Gasteiger partial charge in [-0.25, -0.2) is 0 Å². The van der Waals surface area contributed by atoms with Crippen LogP contribution in [0.15, 0.2) is 41.9 Å². The lowest BCUT2D eigenvalue weighted by molar-refractivity contribution is -0.171. The van der Waals surface area contributed by atoms with Crippen molar-refractivity contribution in [2.75, 3.05) is 13.2 Å². The van der Waals surface area contributed by atoms with Gasteiger partial charge in [0.05, 0.1) is 32.5 Å². The topological polar surface area (TPSA) is 71.1 Å². The quantitative estimate of drug-likeness (QED) is 0.293. The molecule has 1 heterocycles. The molecule has 1 aromatic rings. The van der Waals surface area contributed by atoms with E-state index in [1.807, 2.05) is 39.7 Å². The Balaban J connectivity index is 2.01. The second-order valence-electron chi connectivity index (χ2n) is 11.4. The van der Waals surface area contributed by atoms with Crippen LogP contribution in [0, 0.1) is 11.3 Å². The average molecular weight is 501 g/mol. The van der Waals surface area contributed by atoms with Gasteiger partial charge in [0, 0.05) is 0 Å². The van der Waals surface area contributed by atoms with Crippen molar-refractivity contribution in [3.05, 3.63) is 41.9 Å². The van der Waals surface area contributed by atoms with Crippen molar-refractivity contribution < 1.29 is 28.4 Å². The highest BCUT2D eigenvalue weighted by atomic mass is 28.3. The van der Waals surface area contributed by atoms with E-state index in [0.29, 0.717) is 6.42 Å². The van der Waals surface area contributed by atoms with Gasteiger partial charge in [0.25, 0.3) is 0 Å². The maximum Gasteiger partial charge on any atom is 0.487 e. The van der Waals surface area contributed by atoms with E-state index in [1.165, 1.54) is 5.19 Å². The third-order valence-electron chi connectivity index (χ3n) is 7.89. The highest BCUT2D eigenvalue weighted by Gasteiger charge is 2.57. The molecule has 1 atom stereocenters. The third-order valence-corrected chi connectivity index (χ3v) is 11.3. The second-order valence-corrected chi connectivity index (χ2v) is 16.2. The van der Waals surface area contributed by atoms with E-state index in [4.69, 9.17) is 18.8 Å². The summed E-state index contributed by atoms with van der Waals surface area (Å²) in [6.07, 6.45) is 0.637. The van der Waals surface area contributed by atoms with Crippen LogP contribution in [0.4, 0.5) is 0 Å². The van der Waals surface area contributed by atoms with Crippen LogP contribution >= 0.6 is 0 Å². The summed E-state index contributed by atoms with van der Waals surface area (Å²) >= 11 is 0. The van der Waals surface area contributed by atoms with Crippen LogP contribution in [0.5, 0.6) is 0 Å². The fraction of sp³-hybridized carbons (Fsp3) is 0.630. The molecule has 2 fully saturated rings. The van der Waals surface area contributed by atoms with Crippen LogP contribution in [-0.2, 0) is 28.4 Å². The number of carbonyl (C=O) groups is 2. The number of carbonyl (C=O) groups excluding carboxylic acids is 2. The Labute approximate surface area is 211 Å². The second kappa shape index (κ2) is 10.2. The average Bonchev–Trinajstić information content (AvgIpc) is 3.22. The molecule has 6 nitrogen and oxygen atoms in total. The van der Waals surface area contributed by atoms with Crippen LogP contribution in [0.25, 0.3) is 0 Å². The van der Waals surface area contributed by atoms with E-state index in [1.54, 1.807) is 13.8 Å². The predicted octanol–water partition coefficient (Wildman–Crippen LogP) is 4.68. The van der Waals surface area contributed by atoms with Crippen LogP contribution in [-0.4, -0.2) is 51.5 Å². The van der Waals surface area contributed by atoms with Gasteiger partial charge in [0.15, 0.2) is 5.41 Å². The fourth-order valence-electron chi connectivity index (χ4n) is 5.20. The van der Waals surface area contributed by atoms with Gasteiger partial charge in [0.1, 0.15) is 0 Å². The van der Waals surface area contributed by atoms with Crippen LogP contribution in [0.2, 0.25) is 19.1 Å². The molecule has 0 radical (unpaired) electrons. The number of esters is 2. The lowest BCUT2D eigenvalue weighted by Gasteiger charge is -2.32. The normalized spacial score (nSPS) is 23.9. The van der Waals surface area contributed by atoms with Gasteiger partial charge < -0.3 is 18.8 Å². The molecule has 0 N–H and O–H groups in total. The van der Waals surface area contributed by atoms with Gasteiger partial charge in [0.2, 0.25) is 0 Å². The van der Waals surface area contributed by atoms with Gasteiger partial charge in [-0.15, -0.1) is 0 Å². The maximum atomic E-state index is 13.3.